The van der Waals surface area contributed by atoms with Gasteiger partial charge in [0.25, 0.3) is 0 Å². The summed E-state index contributed by atoms with van der Waals surface area (Å²) in [5.41, 5.74) is 1.95. The van der Waals surface area contributed by atoms with Gasteiger partial charge in [-0.1, -0.05) is 32.4 Å². The maximum Gasteiger partial charge on any atom is 0.127 e. The summed E-state index contributed by atoms with van der Waals surface area (Å²) in [6.45, 7) is 7.82. The van der Waals surface area contributed by atoms with Gasteiger partial charge < -0.3 is 5.32 Å². The van der Waals surface area contributed by atoms with Crippen molar-refractivity contribution in [2.45, 2.75) is 39.8 Å². The van der Waals surface area contributed by atoms with Gasteiger partial charge in [0.15, 0.2) is 0 Å². The molecule has 1 N–H and O–H groups in total. The predicted molar refractivity (Wildman–Crippen MR) is 75.0 cm³/mol. The molecule has 0 radical (unpaired) electrons. The van der Waals surface area contributed by atoms with Crippen molar-refractivity contribution in [2.24, 2.45) is 0 Å². The highest BCUT2D eigenvalue weighted by Gasteiger charge is 2.08. The minimum Gasteiger partial charge on any atom is -0.316 e. The van der Waals surface area contributed by atoms with Gasteiger partial charge in [-0.05, 0) is 38.2 Å². The highest BCUT2D eigenvalue weighted by Crippen LogP contribution is 2.13. The number of benzene rings is 1. The predicted octanol–water partition coefficient (Wildman–Crippen LogP) is 3.17. The lowest BCUT2D eigenvalue weighted by molar-refractivity contribution is 0.271. The molecule has 0 aromatic heterocycles. The second-order valence-electron chi connectivity index (χ2n) is 4.68. The Kier molecular flexibility index (Phi) is 6.91. The number of nitrogens with one attached hydrogen (secondary N) is 1. The Balaban J connectivity index is 2.71. The number of hydrogen-bond acceptors (Lipinski definition) is 2. The van der Waals surface area contributed by atoms with Crippen molar-refractivity contribution in [1.29, 1.82) is 0 Å². The van der Waals surface area contributed by atoms with Crippen LogP contribution in [0.2, 0.25) is 0 Å². The third-order valence-corrected chi connectivity index (χ3v) is 3.16. The van der Waals surface area contributed by atoms with Gasteiger partial charge in [-0.3, -0.25) is 4.90 Å². The Morgan fingerprint density at radius 1 is 1.28 bits per heavy atom. The summed E-state index contributed by atoms with van der Waals surface area (Å²) in [6, 6.07) is 5.40. The zero-order valence-corrected chi connectivity index (χ0v) is 11.8. The number of halogens is 1. The molecule has 0 unspecified atom stereocenters. The molecule has 1 aromatic carbocycles. The summed E-state index contributed by atoms with van der Waals surface area (Å²) in [7, 11) is 1.91. The standard InChI is InChI=1S/C15H25FN2/c1-4-6-9-18(5-2)12-14-10-13(11-17-3)7-8-15(14)16/h7-8,10,17H,4-6,9,11-12H2,1-3H3. The Bertz CT molecular complexity index is 352. The fourth-order valence-electron chi connectivity index (χ4n) is 2.03. The molecule has 0 amide bonds. The van der Waals surface area contributed by atoms with Crippen LogP contribution in [0, 0.1) is 5.82 Å². The maximum atomic E-state index is 13.8. The van der Waals surface area contributed by atoms with E-state index in [1.165, 1.54) is 12.8 Å². The van der Waals surface area contributed by atoms with Crippen LogP contribution < -0.4 is 5.32 Å². The summed E-state index contributed by atoms with van der Waals surface area (Å²) in [5.74, 6) is -0.0928. The molecule has 0 atom stereocenters. The number of unbranched alkanes of at least 4 members (excludes halogenated alkanes) is 1. The SMILES string of the molecule is CCCCN(CC)Cc1cc(CNC)ccc1F. The summed E-state index contributed by atoms with van der Waals surface area (Å²) in [6.07, 6.45) is 2.35. The molecule has 0 bridgehead atoms. The second-order valence-corrected chi connectivity index (χ2v) is 4.68. The summed E-state index contributed by atoms with van der Waals surface area (Å²) >= 11 is 0. The van der Waals surface area contributed by atoms with Gasteiger partial charge in [-0.25, -0.2) is 4.39 Å². The normalized spacial score (nSPS) is 11.2. The zero-order chi connectivity index (χ0) is 13.4. The van der Waals surface area contributed by atoms with Gasteiger partial charge in [0, 0.05) is 18.7 Å². The number of rotatable bonds is 8. The largest absolute Gasteiger partial charge is 0.316 e. The molecule has 0 saturated heterocycles. The van der Waals surface area contributed by atoms with Gasteiger partial charge >= 0.3 is 0 Å². The third kappa shape index (κ3) is 4.75. The molecule has 0 aliphatic carbocycles. The van der Waals surface area contributed by atoms with Gasteiger partial charge in [0.2, 0.25) is 0 Å². The molecule has 0 heterocycles. The van der Waals surface area contributed by atoms with E-state index in [9.17, 15) is 4.39 Å². The molecule has 1 rings (SSSR count). The smallest absolute Gasteiger partial charge is 0.127 e. The highest BCUT2D eigenvalue weighted by molar-refractivity contribution is 5.25. The van der Waals surface area contributed by atoms with Crippen LogP contribution in [-0.2, 0) is 13.1 Å². The average Bonchev–Trinajstić information content (AvgIpc) is 2.38. The van der Waals surface area contributed by atoms with Crippen molar-refractivity contribution in [1.82, 2.24) is 10.2 Å². The van der Waals surface area contributed by atoms with Crippen molar-refractivity contribution in [3.8, 4) is 0 Å². The van der Waals surface area contributed by atoms with E-state index in [0.29, 0.717) is 6.54 Å². The molecule has 0 spiro atoms. The van der Waals surface area contributed by atoms with E-state index in [2.05, 4.69) is 24.1 Å². The quantitative estimate of drug-likeness (QED) is 0.764. The van der Waals surface area contributed by atoms with Crippen molar-refractivity contribution in [3.05, 3.63) is 35.1 Å². The fourth-order valence-corrected chi connectivity index (χ4v) is 2.03. The lowest BCUT2D eigenvalue weighted by Gasteiger charge is -2.20. The monoisotopic (exact) mass is 252 g/mol. The summed E-state index contributed by atoms with van der Waals surface area (Å²) < 4.78 is 13.8. The van der Waals surface area contributed by atoms with Crippen LogP contribution in [0.4, 0.5) is 4.39 Å². The highest BCUT2D eigenvalue weighted by atomic mass is 19.1. The Labute approximate surface area is 110 Å². The van der Waals surface area contributed by atoms with Crippen LogP contribution in [0.1, 0.15) is 37.8 Å². The summed E-state index contributed by atoms with van der Waals surface area (Å²) in [4.78, 5) is 2.30. The fraction of sp³-hybridized carbons (Fsp3) is 0.600. The van der Waals surface area contributed by atoms with Crippen molar-refractivity contribution in [3.63, 3.8) is 0 Å². The second kappa shape index (κ2) is 8.22. The zero-order valence-electron chi connectivity index (χ0n) is 11.8. The first-order valence-electron chi connectivity index (χ1n) is 6.85. The topological polar surface area (TPSA) is 15.3 Å². The molecule has 102 valence electrons. The van der Waals surface area contributed by atoms with Gasteiger partial charge in [0.05, 0.1) is 0 Å². The van der Waals surface area contributed by atoms with Gasteiger partial charge in [-0.15, -0.1) is 0 Å². The number of nitrogens with zero attached hydrogens (tertiary/aromatic N) is 1. The molecule has 0 saturated carbocycles. The molecule has 0 aliphatic rings. The molecule has 0 fully saturated rings. The van der Waals surface area contributed by atoms with Crippen LogP contribution >= 0.6 is 0 Å². The van der Waals surface area contributed by atoms with E-state index in [1.54, 1.807) is 6.07 Å². The third-order valence-electron chi connectivity index (χ3n) is 3.16. The van der Waals surface area contributed by atoms with E-state index in [-0.39, 0.29) is 5.82 Å². The first-order valence-corrected chi connectivity index (χ1v) is 6.85. The van der Waals surface area contributed by atoms with Crippen LogP contribution in [0.15, 0.2) is 18.2 Å². The van der Waals surface area contributed by atoms with Crippen LogP contribution in [-0.4, -0.2) is 25.0 Å². The average molecular weight is 252 g/mol. The molecule has 0 aliphatic heterocycles. The van der Waals surface area contributed by atoms with Crippen LogP contribution in [0.25, 0.3) is 0 Å². The molecular weight excluding hydrogens is 227 g/mol. The van der Waals surface area contributed by atoms with E-state index in [4.69, 9.17) is 0 Å². The van der Waals surface area contributed by atoms with Gasteiger partial charge in [-0.2, -0.15) is 0 Å². The minimum atomic E-state index is -0.0928. The molecule has 2 nitrogen and oxygen atoms in total. The first-order chi connectivity index (χ1) is 8.71. The maximum absolute atomic E-state index is 13.8. The van der Waals surface area contributed by atoms with E-state index >= 15 is 0 Å². The molecule has 1 aromatic rings. The molecule has 18 heavy (non-hydrogen) atoms. The van der Waals surface area contributed by atoms with Crippen LogP contribution in [0.3, 0.4) is 0 Å². The summed E-state index contributed by atoms with van der Waals surface area (Å²) in [5, 5.41) is 3.10. The minimum absolute atomic E-state index is 0.0928. The van der Waals surface area contributed by atoms with E-state index in [0.717, 1.165) is 30.8 Å². The molecule has 3 heteroatoms. The Morgan fingerprint density at radius 2 is 2.06 bits per heavy atom. The van der Waals surface area contributed by atoms with Crippen LogP contribution in [0.5, 0.6) is 0 Å². The van der Waals surface area contributed by atoms with Crippen molar-refractivity contribution >= 4 is 0 Å². The lowest BCUT2D eigenvalue weighted by atomic mass is 10.1. The Hall–Kier alpha value is -0.930. The van der Waals surface area contributed by atoms with E-state index < -0.39 is 0 Å². The van der Waals surface area contributed by atoms with E-state index in [1.807, 2.05) is 19.2 Å². The van der Waals surface area contributed by atoms with Crippen molar-refractivity contribution in [2.75, 3.05) is 20.1 Å². The lowest BCUT2D eigenvalue weighted by Crippen LogP contribution is -2.24. The molecular formula is C15H25FN2. The van der Waals surface area contributed by atoms with Crippen molar-refractivity contribution < 1.29 is 4.39 Å². The first kappa shape index (κ1) is 15.1. The number of hydrogen-bond donors (Lipinski definition) is 1. The Morgan fingerprint density at radius 3 is 2.67 bits per heavy atom. The van der Waals surface area contributed by atoms with Gasteiger partial charge in [0.1, 0.15) is 5.82 Å².